The molecule has 17 heavy (non-hydrogen) atoms. The Labute approximate surface area is 107 Å². The van der Waals surface area contributed by atoms with Gasteiger partial charge < -0.3 is 14.4 Å². The maximum atomic E-state index is 12.0. The van der Waals surface area contributed by atoms with E-state index in [1.165, 1.54) is 12.5 Å². The maximum absolute atomic E-state index is 12.0. The van der Waals surface area contributed by atoms with Crippen molar-refractivity contribution in [2.75, 3.05) is 5.32 Å². The molecular formula is C11H12BrN3O2. The van der Waals surface area contributed by atoms with Gasteiger partial charge in [-0.25, -0.2) is 0 Å². The third kappa shape index (κ3) is 2.58. The van der Waals surface area contributed by atoms with Gasteiger partial charge in [0.05, 0.1) is 6.20 Å². The number of amides is 1. The van der Waals surface area contributed by atoms with Gasteiger partial charge in [-0.15, -0.1) is 0 Å². The van der Waals surface area contributed by atoms with Crippen molar-refractivity contribution in [1.82, 2.24) is 9.72 Å². The summed E-state index contributed by atoms with van der Waals surface area (Å²) in [4.78, 5) is 12.0. The minimum atomic E-state index is -0.187. The van der Waals surface area contributed by atoms with Crippen LogP contribution in [0, 0.1) is 0 Å². The SMILES string of the molecule is CC(C)n1cc(Br)cc1C(=O)Nc1cnoc1. The number of halogens is 1. The number of hydrogen-bond acceptors (Lipinski definition) is 3. The van der Waals surface area contributed by atoms with E-state index in [0.29, 0.717) is 11.4 Å². The number of aromatic nitrogens is 2. The molecule has 6 heteroatoms. The van der Waals surface area contributed by atoms with Gasteiger partial charge in [0, 0.05) is 16.7 Å². The zero-order chi connectivity index (χ0) is 12.4. The lowest BCUT2D eigenvalue weighted by Crippen LogP contribution is -2.17. The summed E-state index contributed by atoms with van der Waals surface area (Å²) >= 11 is 3.37. The highest BCUT2D eigenvalue weighted by Gasteiger charge is 2.15. The lowest BCUT2D eigenvalue weighted by atomic mass is 10.3. The van der Waals surface area contributed by atoms with Gasteiger partial charge >= 0.3 is 0 Å². The van der Waals surface area contributed by atoms with E-state index in [2.05, 4.69) is 30.9 Å². The van der Waals surface area contributed by atoms with Crippen molar-refractivity contribution in [3.8, 4) is 0 Å². The van der Waals surface area contributed by atoms with E-state index in [4.69, 9.17) is 0 Å². The molecule has 2 aromatic rings. The van der Waals surface area contributed by atoms with Crippen LogP contribution in [-0.2, 0) is 0 Å². The first-order valence-corrected chi connectivity index (χ1v) is 5.95. The average molecular weight is 298 g/mol. The molecule has 0 aliphatic carbocycles. The Morgan fingerprint density at radius 1 is 1.59 bits per heavy atom. The van der Waals surface area contributed by atoms with E-state index in [1.807, 2.05) is 24.6 Å². The minimum Gasteiger partial charge on any atom is -0.363 e. The van der Waals surface area contributed by atoms with E-state index >= 15 is 0 Å². The normalized spacial score (nSPS) is 10.8. The second kappa shape index (κ2) is 4.75. The van der Waals surface area contributed by atoms with Gasteiger partial charge in [0.2, 0.25) is 0 Å². The molecule has 0 unspecified atom stereocenters. The zero-order valence-electron chi connectivity index (χ0n) is 9.48. The zero-order valence-corrected chi connectivity index (χ0v) is 11.1. The Bertz CT molecular complexity index is 517. The molecule has 0 aliphatic rings. The highest BCUT2D eigenvalue weighted by atomic mass is 79.9. The van der Waals surface area contributed by atoms with Crippen molar-refractivity contribution in [1.29, 1.82) is 0 Å². The highest BCUT2D eigenvalue weighted by Crippen LogP contribution is 2.20. The molecule has 0 aromatic carbocycles. The van der Waals surface area contributed by atoms with Gasteiger partial charge in [-0.05, 0) is 35.8 Å². The number of carbonyl (C=O) groups is 1. The summed E-state index contributed by atoms with van der Waals surface area (Å²) in [6.45, 7) is 4.03. The largest absolute Gasteiger partial charge is 0.363 e. The van der Waals surface area contributed by atoms with Crippen LogP contribution in [0.4, 0.5) is 5.69 Å². The average Bonchev–Trinajstić information content (AvgIpc) is 2.86. The fourth-order valence-electron chi connectivity index (χ4n) is 1.52. The van der Waals surface area contributed by atoms with Crippen LogP contribution in [0.25, 0.3) is 0 Å². The Hall–Kier alpha value is -1.56. The summed E-state index contributed by atoms with van der Waals surface area (Å²) in [5, 5.41) is 6.24. The van der Waals surface area contributed by atoms with E-state index in [1.54, 1.807) is 6.07 Å². The third-order valence-electron chi connectivity index (χ3n) is 2.29. The second-order valence-corrected chi connectivity index (χ2v) is 4.83. The molecule has 2 heterocycles. The molecule has 2 rings (SSSR count). The molecule has 0 aliphatic heterocycles. The van der Waals surface area contributed by atoms with E-state index in [0.717, 1.165) is 4.47 Å². The molecular weight excluding hydrogens is 286 g/mol. The number of anilines is 1. The molecule has 1 N–H and O–H groups in total. The molecule has 0 saturated heterocycles. The van der Waals surface area contributed by atoms with Crippen LogP contribution in [0.15, 0.2) is 33.7 Å². The van der Waals surface area contributed by atoms with Crippen LogP contribution >= 0.6 is 15.9 Å². The lowest BCUT2D eigenvalue weighted by Gasteiger charge is -2.11. The molecule has 0 fully saturated rings. The molecule has 0 spiro atoms. The predicted octanol–water partition coefficient (Wildman–Crippen LogP) is 3.07. The van der Waals surface area contributed by atoms with Crippen LogP contribution in [0.3, 0.4) is 0 Å². The quantitative estimate of drug-likeness (QED) is 0.947. The number of rotatable bonds is 3. The standard InChI is InChI=1S/C11H12BrN3O2/c1-7(2)15-5-8(12)3-10(15)11(16)14-9-4-13-17-6-9/h3-7H,1-2H3,(H,14,16). The van der Waals surface area contributed by atoms with Crippen molar-refractivity contribution >= 4 is 27.5 Å². The van der Waals surface area contributed by atoms with E-state index in [-0.39, 0.29) is 11.9 Å². The summed E-state index contributed by atoms with van der Waals surface area (Å²) < 4.78 is 7.43. The second-order valence-electron chi connectivity index (χ2n) is 3.91. The van der Waals surface area contributed by atoms with Gasteiger partial charge in [0.1, 0.15) is 17.6 Å². The first-order chi connectivity index (χ1) is 8.08. The summed E-state index contributed by atoms with van der Waals surface area (Å²) in [7, 11) is 0. The lowest BCUT2D eigenvalue weighted by molar-refractivity contribution is 0.101. The molecule has 5 nitrogen and oxygen atoms in total. The molecule has 0 saturated carbocycles. The van der Waals surface area contributed by atoms with Crippen molar-refractivity contribution in [2.45, 2.75) is 19.9 Å². The Morgan fingerprint density at radius 2 is 2.35 bits per heavy atom. The molecule has 0 bridgehead atoms. The number of hydrogen-bond donors (Lipinski definition) is 1. The predicted molar refractivity (Wildman–Crippen MR) is 67.0 cm³/mol. The van der Waals surface area contributed by atoms with Crippen molar-refractivity contribution in [3.63, 3.8) is 0 Å². The maximum Gasteiger partial charge on any atom is 0.272 e. The smallest absolute Gasteiger partial charge is 0.272 e. The summed E-state index contributed by atoms with van der Waals surface area (Å²) in [6.07, 6.45) is 4.72. The van der Waals surface area contributed by atoms with Crippen LogP contribution in [0.2, 0.25) is 0 Å². The fraction of sp³-hybridized carbons (Fsp3) is 0.273. The molecule has 0 radical (unpaired) electrons. The number of nitrogens with one attached hydrogen (secondary N) is 1. The van der Waals surface area contributed by atoms with Gasteiger partial charge in [0.15, 0.2) is 0 Å². The van der Waals surface area contributed by atoms with Crippen LogP contribution in [0.5, 0.6) is 0 Å². The fourth-order valence-corrected chi connectivity index (χ4v) is 1.95. The topological polar surface area (TPSA) is 60.1 Å². The van der Waals surface area contributed by atoms with Crippen molar-refractivity contribution in [2.24, 2.45) is 0 Å². The molecule has 1 amide bonds. The van der Waals surface area contributed by atoms with Crippen LogP contribution in [0.1, 0.15) is 30.4 Å². The summed E-state index contributed by atoms with van der Waals surface area (Å²) in [5.41, 5.74) is 1.13. The van der Waals surface area contributed by atoms with Gasteiger partial charge in [-0.3, -0.25) is 4.79 Å². The van der Waals surface area contributed by atoms with Crippen LogP contribution in [-0.4, -0.2) is 15.6 Å². The van der Waals surface area contributed by atoms with Gasteiger partial charge in [0.25, 0.3) is 5.91 Å². The number of nitrogens with zero attached hydrogens (tertiary/aromatic N) is 2. The first kappa shape index (κ1) is 11.9. The third-order valence-corrected chi connectivity index (χ3v) is 2.73. The van der Waals surface area contributed by atoms with Crippen molar-refractivity contribution in [3.05, 3.63) is 34.9 Å². The van der Waals surface area contributed by atoms with Crippen molar-refractivity contribution < 1.29 is 9.32 Å². The summed E-state index contributed by atoms with van der Waals surface area (Å²) in [5.74, 6) is -0.187. The number of carbonyl (C=O) groups excluding carboxylic acids is 1. The molecule has 0 atom stereocenters. The Balaban J connectivity index is 2.24. The van der Waals surface area contributed by atoms with E-state index in [9.17, 15) is 4.79 Å². The Morgan fingerprint density at radius 3 is 2.94 bits per heavy atom. The summed E-state index contributed by atoms with van der Waals surface area (Å²) in [6, 6.07) is 1.99. The first-order valence-electron chi connectivity index (χ1n) is 5.16. The van der Waals surface area contributed by atoms with Gasteiger partial charge in [-0.2, -0.15) is 0 Å². The monoisotopic (exact) mass is 297 g/mol. The Kier molecular flexibility index (Phi) is 3.33. The molecule has 2 aromatic heterocycles. The highest BCUT2D eigenvalue weighted by molar-refractivity contribution is 9.10. The van der Waals surface area contributed by atoms with Gasteiger partial charge in [-0.1, -0.05) is 5.16 Å². The minimum absolute atomic E-state index is 0.187. The van der Waals surface area contributed by atoms with Crippen LogP contribution < -0.4 is 5.32 Å². The molecule has 90 valence electrons. The van der Waals surface area contributed by atoms with E-state index < -0.39 is 0 Å².